The van der Waals surface area contributed by atoms with Crippen molar-refractivity contribution in [2.75, 3.05) is 6.16 Å². The van der Waals surface area contributed by atoms with E-state index < -0.39 is 7.26 Å². The fourth-order valence-corrected chi connectivity index (χ4v) is 11.3. The molecule has 0 heterocycles. The average molecular weight is 567 g/mol. The van der Waals surface area contributed by atoms with Gasteiger partial charge in [-0.05, 0) is 92.0 Å². The van der Waals surface area contributed by atoms with Gasteiger partial charge in [-0.25, -0.2) is 0 Å². The van der Waals surface area contributed by atoms with Gasteiger partial charge in [-0.15, -0.1) is 0 Å². The van der Waals surface area contributed by atoms with Gasteiger partial charge in [0.1, 0.15) is 23.2 Å². The van der Waals surface area contributed by atoms with Crippen molar-refractivity contribution in [3.8, 4) is 0 Å². The summed E-state index contributed by atoms with van der Waals surface area (Å²) in [6.45, 7) is 9.34. The molecular formula is C34H47BrP+. The van der Waals surface area contributed by atoms with E-state index >= 15 is 0 Å². The van der Waals surface area contributed by atoms with E-state index in [1.54, 1.807) is 22.0 Å². The van der Waals surface area contributed by atoms with Crippen molar-refractivity contribution in [3.05, 3.63) is 87.9 Å². The third-order valence-corrected chi connectivity index (χ3v) is 12.9. The van der Waals surface area contributed by atoms with Crippen molar-refractivity contribution in [1.29, 1.82) is 0 Å². The topological polar surface area (TPSA) is 0 Å². The van der Waals surface area contributed by atoms with E-state index in [1.165, 1.54) is 91.9 Å². The minimum Gasteiger partial charge on any atom is -0.0654 e. The van der Waals surface area contributed by atoms with Crippen LogP contribution in [-0.4, -0.2) is 6.16 Å². The first-order chi connectivity index (χ1) is 17.6. The minimum absolute atomic E-state index is 1.19. The van der Waals surface area contributed by atoms with Crippen molar-refractivity contribution in [1.82, 2.24) is 0 Å². The molecule has 0 atom stereocenters. The standard InChI is InChI=1S/C34H47BrP/c1-5-9-23-30-31(24-10-6-2)33(35)27-34(32(30)25-11-7-3)36(26-12-8-4,28-19-15-13-16-20-28)29-21-17-14-18-22-29/h13-22,27H,5-12,23-26H2,1-4H3/q+1. The molecule has 36 heavy (non-hydrogen) atoms. The van der Waals surface area contributed by atoms with Gasteiger partial charge in [0.25, 0.3) is 0 Å². The highest BCUT2D eigenvalue weighted by molar-refractivity contribution is 9.10. The number of unbranched alkanes of at least 4 members (excludes halogenated alkanes) is 4. The van der Waals surface area contributed by atoms with Crippen LogP contribution in [-0.2, 0) is 19.3 Å². The molecule has 0 spiro atoms. The maximum Gasteiger partial charge on any atom is 0.112 e. The number of rotatable bonds is 15. The molecule has 0 N–H and O–H groups in total. The maximum atomic E-state index is 4.15. The lowest BCUT2D eigenvalue weighted by Gasteiger charge is -2.32. The fraction of sp³-hybridized carbons (Fsp3) is 0.471. The Morgan fingerprint density at radius 3 is 1.47 bits per heavy atom. The van der Waals surface area contributed by atoms with Crippen molar-refractivity contribution in [2.45, 2.75) is 98.3 Å². The molecule has 0 aliphatic rings. The summed E-state index contributed by atoms with van der Waals surface area (Å²) >= 11 is 4.15. The van der Waals surface area contributed by atoms with Gasteiger partial charge in [0, 0.05) is 4.47 Å². The highest BCUT2D eigenvalue weighted by atomic mass is 79.9. The first-order valence-corrected chi connectivity index (χ1v) is 17.2. The molecule has 0 bridgehead atoms. The molecule has 194 valence electrons. The van der Waals surface area contributed by atoms with Crippen LogP contribution in [0.1, 0.15) is 95.8 Å². The van der Waals surface area contributed by atoms with Crippen LogP contribution in [0.25, 0.3) is 0 Å². The van der Waals surface area contributed by atoms with E-state index in [-0.39, 0.29) is 0 Å². The molecule has 0 aliphatic heterocycles. The van der Waals surface area contributed by atoms with Crippen molar-refractivity contribution in [3.63, 3.8) is 0 Å². The Bertz CT molecular complexity index is 1000. The third-order valence-electron chi connectivity index (χ3n) is 7.58. The monoisotopic (exact) mass is 565 g/mol. The van der Waals surface area contributed by atoms with E-state index in [2.05, 4.69) is 110 Å². The largest absolute Gasteiger partial charge is 0.112 e. The first-order valence-electron chi connectivity index (χ1n) is 14.5. The Hall–Kier alpha value is -1.43. The fourth-order valence-electron chi connectivity index (χ4n) is 5.59. The van der Waals surface area contributed by atoms with Crippen LogP contribution in [0.5, 0.6) is 0 Å². The maximum absolute atomic E-state index is 4.15. The van der Waals surface area contributed by atoms with E-state index in [0.29, 0.717) is 0 Å². The Labute approximate surface area is 230 Å². The lowest BCUT2D eigenvalue weighted by atomic mass is 9.91. The zero-order valence-corrected chi connectivity index (χ0v) is 25.6. The normalized spacial score (nSPS) is 11.7. The number of benzene rings is 3. The molecule has 3 rings (SSSR count). The Morgan fingerprint density at radius 2 is 1.00 bits per heavy atom. The molecule has 0 radical (unpaired) electrons. The third kappa shape index (κ3) is 6.71. The Balaban J connectivity index is 2.42. The molecule has 3 aromatic rings. The smallest absolute Gasteiger partial charge is 0.0654 e. The summed E-state index contributed by atoms with van der Waals surface area (Å²) in [6.07, 6.45) is 14.8. The zero-order valence-electron chi connectivity index (χ0n) is 23.2. The van der Waals surface area contributed by atoms with Gasteiger partial charge in [0.15, 0.2) is 0 Å². The van der Waals surface area contributed by atoms with Crippen LogP contribution >= 0.6 is 23.2 Å². The molecule has 0 nitrogen and oxygen atoms in total. The van der Waals surface area contributed by atoms with E-state index in [0.717, 1.165) is 0 Å². The molecule has 0 amide bonds. The molecule has 0 fully saturated rings. The van der Waals surface area contributed by atoms with Crippen molar-refractivity contribution >= 4 is 39.1 Å². The second-order valence-electron chi connectivity index (χ2n) is 10.2. The highest BCUT2D eigenvalue weighted by Gasteiger charge is 2.47. The molecule has 0 aliphatic carbocycles. The van der Waals surface area contributed by atoms with Crippen LogP contribution in [0.4, 0.5) is 0 Å². The van der Waals surface area contributed by atoms with Gasteiger partial charge in [0.2, 0.25) is 0 Å². The van der Waals surface area contributed by atoms with Crippen LogP contribution in [0.3, 0.4) is 0 Å². The van der Waals surface area contributed by atoms with Gasteiger partial charge in [-0.3, -0.25) is 0 Å². The summed E-state index contributed by atoms with van der Waals surface area (Å²) in [6, 6.07) is 25.7. The minimum atomic E-state index is -1.81. The number of halogens is 1. The molecule has 3 aromatic carbocycles. The van der Waals surface area contributed by atoms with Crippen LogP contribution < -0.4 is 15.9 Å². The van der Waals surface area contributed by atoms with Gasteiger partial charge in [-0.1, -0.05) is 106 Å². The van der Waals surface area contributed by atoms with E-state index in [1.807, 2.05) is 0 Å². The van der Waals surface area contributed by atoms with Crippen molar-refractivity contribution < 1.29 is 0 Å². The summed E-state index contributed by atoms with van der Waals surface area (Å²) in [4.78, 5) is 0. The second-order valence-corrected chi connectivity index (χ2v) is 14.6. The van der Waals surface area contributed by atoms with Crippen molar-refractivity contribution in [2.24, 2.45) is 0 Å². The Morgan fingerprint density at radius 1 is 0.556 bits per heavy atom. The summed E-state index contributed by atoms with van der Waals surface area (Å²) in [7, 11) is -1.81. The Kier molecular flexibility index (Phi) is 12.2. The van der Waals surface area contributed by atoms with E-state index in [4.69, 9.17) is 0 Å². The molecule has 0 aromatic heterocycles. The van der Waals surface area contributed by atoms with Gasteiger partial charge < -0.3 is 0 Å². The molecule has 2 heteroatoms. The molecule has 0 unspecified atom stereocenters. The lowest BCUT2D eigenvalue weighted by Crippen LogP contribution is -2.36. The summed E-state index contributed by atoms with van der Waals surface area (Å²) in [5.41, 5.74) is 4.96. The molecular weight excluding hydrogens is 519 g/mol. The quantitative estimate of drug-likeness (QED) is 0.161. The first kappa shape index (κ1) is 29.1. The predicted molar refractivity (Wildman–Crippen MR) is 168 cm³/mol. The molecule has 0 saturated carbocycles. The summed E-state index contributed by atoms with van der Waals surface area (Å²) in [5, 5.41) is 4.73. The average Bonchev–Trinajstić information content (AvgIpc) is 2.92. The lowest BCUT2D eigenvalue weighted by molar-refractivity contribution is 0.735. The van der Waals surface area contributed by atoms with Gasteiger partial charge in [0.05, 0.1) is 6.16 Å². The summed E-state index contributed by atoms with van der Waals surface area (Å²) < 4.78 is 1.35. The second kappa shape index (κ2) is 15.1. The van der Waals surface area contributed by atoms with Gasteiger partial charge >= 0.3 is 0 Å². The molecule has 0 saturated heterocycles. The van der Waals surface area contributed by atoms with Crippen LogP contribution in [0.2, 0.25) is 0 Å². The van der Waals surface area contributed by atoms with Crippen LogP contribution in [0.15, 0.2) is 71.2 Å². The zero-order chi connectivity index (χ0) is 25.8. The predicted octanol–water partition coefficient (Wildman–Crippen LogP) is 9.57. The SMILES string of the molecule is CCCCc1c(Br)cc([P+](CCCC)(c2ccccc2)c2ccccc2)c(CCCC)c1CCCC. The van der Waals surface area contributed by atoms with Gasteiger partial charge in [-0.2, -0.15) is 0 Å². The number of hydrogen-bond acceptors (Lipinski definition) is 0. The highest BCUT2D eigenvalue weighted by Crippen LogP contribution is 2.57. The van der Waals surface area contributed by atoms with Crippen LogP contribution in [0, 0.1) is 0 Å². The van der Waals surface area contributed by atoms with E-state index in [9.17, 15) is 0 Å². The summed E-state index contributed by atoms with van der Waals surface area (Å²) in [5.74, 6) is 0. The number of hydrogen-bond donors (Lipinski definition) is 0.